The van der Waals surface area contributed by atoms with Gasteiger partial charge < -0.3 is 0 Å². The molecule has 8 nitrogen and oxygen atoms in total. The van der Waals surface area contributed by atoms with Crippen LogP contribution in [-0.2, 0) is 4.79 Å². The molecule has 0 spiro atoms. The molecule has 0 bridgehead atoms. The van der Waals surface area contributed by atoms with Crippen LogP contribution in [0, 0.1) is 13.8 Å². The number of rotatable bonds is 4. The minimum absolute atomic E-state index is 0.0217. The van der Waals surface area contributed by atoms with E-state index in [0.717, 1.165) is 22.3 Å². The lowest BCUT2D eigenvalue weighted by Gasteiger charge is -2.07. The van der Waals surface area contributed by atoms with E-state index in [9.17, 15) is 18.0 Å². The van der Waals surface area contributed by atoms with Crippen molar-refractivity contribution in [3.63, 3.8) is 0 Å². The number of aryl methyl sites for hydroxylation is 2. The summed E-state index contributed by atoms with van der Waals surface area (Å²) in [6.07, 6.45) is -5.06. The van der Waals surface area contributed by atoms with Crippen molar-refractivity contribution in [3.05, 3.63) is 59.7 Å². The third-order valence-corrected chi connectivity index (χ3v) is 4.43. The number of hydrogen-bond donors (Lipinski definition) is 2. The third kappa shape index (κ3) is 4.61. The number of anilines is 1. The molecule has 0 fully saturated rings. The lowest BCUT2D eigenvalue weighted by molar-refractivity contribution is -0.167. The second kappa shape index (κ2) is 8.17. The van der Waals surface area contributed by atoms with E-state index < -0.39 is 18.0 Å². The van der Waals surface area contributed by atoms with E-state index in [1.165, 1.54) is 0 Å². The number of carbonyl (C=O) groups is 1. The number of amides is 1. The first kappa shape index (κ1) is 21.1. The van der Waals surface area contributed by atoms with Gasteiger partial charge in [0.05, 0.1) is 0 Å². The van der Waals surface area contributed by atoms with Crippen molar-refractivity contribution in [2.45, 2.75) is 20.0 Å². The number of nitrogens with zero attached hydrogens (tertiary/aromatic N) is 5. The predicted molar refractivity (Wildman–Crippen MR) is 110 cm³/mol. The fourth-order valence-electron chi connectivity index (χ4n) is 2.74. The number of carbonyl (C=O) groups excluding carboxylic acids is 1. The largest absolute Gasteiger partial charge is 0.471 e. The fourth-order valence-corrected chi connectivity index (χ4v) is 2.74. The molecule has 32 heavy (non-hydrogen) atoms. The summed E-state index contributed by atoms with van der Waals surface area (Å²) in [5.41, 5.74) is 3.56. The fraction of sp³-hybridized carbons (Fsp3) is 0.143. The Kier molecular flexibility index (Phi) is 5.39. The highest BCUT2D eigenvalue weighted by Gasteiger charge is 2.39. The van der Waals surface area contributed by atoms with Gasteiger partial charge in [-0.15, -0.1) is 5.10 Å². The minimum Gasteiger partial charge on any atom is -0.285 e. The lowest BCUT2D eigenvalue weighted by Crippen LogP contribution is -2.30. The Morgan fingerprint density at radius 1 is 0.781 bits per heavy atom. The first-order valence-corrected chi connectivity index (χ1v) is 9.40. The van der Waals surface area contributed by atoms with Gasteiger partial charge in [-0.1, -0.05) is 59.7 Å². The lowest BCUT2D eigenvalue weighted by atomic mass is 10.1. The van der Waals surface area contributed by atoms with Crippen molar-refractivity contribution < 1.29 is 18.0 Å². The molecule has 4 aromatic rings. The maximum Gasteiger partial charge on any atom is 0.471 e. The molecule has 0 aliphatic rings. The number of benzene rings is 2. The molecule has 0 atom stereocenters. The quantitative estimate of drug-likeness (QED) is 0.495. The summed E-state index contributed by atoms with van der Waals surface area (Å²) in [4.78, 5) is 28.4. The molecule has 0 radical (unpaired) electrons. The molecule has 0 aliphatic carbocycles. The zero-order valence-electron chi connectivity index (χ0n) is 16.9. The van der Waals surface area contributed by atoms with Crippen LogP contribution in [-0.4, -0.2) is 42.2 Å². The van der Waals surface area contributed by atoms with Gasteiger partial charge in [0.1, 0.15) is 0 Å². The van der Waals surface area contributed by atoms with Crippen LogP contribution in [0.4, 0.5) is 19.1 Å². The zero-order chi connectivity index (χ0) is 22.9. The molecule has 0 saturated carbocycles. The molecular weight excluding hydrogens is 423 g/mol. The number of aromatic nitrogens is 6. The summed E-state index contributed by atoms with van der Waals surface area (Å²) in [6, 6.07) is 15.0. The average molecular weight is 439 g/mol. The Hall–Kier alpha value is -4.15. The molecule has 4 rings (SSSR count). The average Bonchev–Trinajstić information content (AvgIpc) is 3.22. The Bertz CT molecular complexity index is 1200. The Morgan fingerprint density at radius 3 is 1.72 bits per heavy atom. The first-order valence-electron chi connectivity index (χ1n) is 9.40. The van der Waals surface area contributed by atoms with Crippen molar-refractivity contribution in [3.8, 4) is 34.4 Å². The first-order chi connectivity index (χ1) is 15.2. The van der Waals surface area contributed by atoms with Crippen molar-refractivity contribution in [1.29, 1.82) is 0 Å². The van der Waals surface area contributed by atoms with Crippen LogP contribution in [0.15, 0.2) is 48.5 Å². The highest BCUT2D eigenvalue weighted by atomic mass is 19.4. The number of H-pyrrole nitrogens is 1. The summed E-state index contributed by atoms with van der Waals surface area (Å²) < 4.78 is 37.5. The van der Waals surface area contributed by atoms with Gasteiger partial charge in [0.15, 0.2) is 17.5 Å². The Morgan fingerprint density at radius 2 is 1.25 bits per heavy atom. The second-order valence-electron chi connectivity index (χ2n) is 7.00. The summed E-state index contributed by atoms with van der Waals surface area (Å²) in [7, 11) is 0. The monoisotopic (exact) mass is 439 g/mol. The molecule has 2 aromatic carbocycles. The van der Waals surface area contributed by atoms with E-state index >= 15 is 0 Å². The van der Waals surface area contributed by atoms with Gasteiger partial charge in [0.2, 0.25) is 11.8 Å². The van der Waals surface area contributed by atoms with E-state index in [-0.39, 0.29) is 11.6 Å². The van der Waals surface area contributed by atoms with Gasteiger partial charge in [0.25, 0.3) is 0 Å². The zero-order valence-corrected chi connectivity index (χ0v) is 16.9. The number of nitrogens with one attached hydrogen (secondary N) is 2. The highest BCUT2D eigenvalue weighted by molar-refractivity contribution is 5.93. The van der Waals surface area contributed by atoms with Crippen molar-refractivity contribution >= 4 is 11.9 Å². The minimum atomic E-state index is -5.06. The molecule has 2 N–H and O–H groups in total. The number of alkyl halides is 3. The maximum absolute atomic E-state index is 12.5. The predicted octanol–water partition coefficient (Wildman–Crippen LogP) is 4.11. The van der Waals surface area contributed by atoms with Gasteiger partial charge in [-0.05, 0) is 13.8 Å². The van der Waals surface area contributed by atoms with Crippen LogP contribution in [0.5, 0.6) is 0 Å². The van der Waals surface area contributed by atoms with E-state index in [1.54, 1.807) is 5.32 Å². The van der Waals surface area contributed by atoms with Crippen LogP contribution >= 0.6 is 0 Å². The van der Waals surface area contributed by atoms with Gasteiger partial charge >= 0.3 is 12.1 Å². The Balaban J connectivity index is 1.77. The molecule has 0 saturated heterocycles. The van der Waals surface area contributed by atoms with Gasteiger partial charge in [-0.2, -0.15) is 18.2 Å². The van der Waals surface area contributed by atoms with E-state index in [2.05, 4.69) is 30.1 Å². The standard InChI is InChI=1S/C21H16F3N7O/c1-11-3-7-13(8-4-11)15-25-16(14-9-5-12(2)6-10-14)27-17(26-15)18-28-20(31-30-18)29-19(32)21(22,23)24/h3-10H,1-2H3,(H2,28,29,30,31,32). The number of halogens is 3. The van der Waals surface area contributed by atoms with E-state index in [4.69, 9.17) is 0 Å². The molecule has 0 unspecified atom stereocenters. The van der Waals surface area contributed by atoms with Crippen LogP contribution < -0.4 is 5.32 Å². The van der Waals surface area contributed by atoms with Crippen LogP contribution in [0.3, 0.4) is 0 Å². The van der Waals surface area contributed by atoms with Crippen molar-refractivity contribution in [2.75, 3.05) is 5.32 Å². The van der Waals surface area contributed by atoms with Gasteiger partial charge in [-0.25, -0.2) is 15.0 Å². The molecule has 11 heteroatoms. The topological polar surface area (TPSA) is 109 Å². The molecule has 162 valence electrons. The number of hydrogen-bond acceptors (Lipinski definition) is 6. The molecule has 2 heterocycles. The van der Waals surface area contributed by atoms with Crippen molar-refractivity contribution in [1.82, 2.24) is 30.1 Å². The molecule has 1 amide bonds. The molecule has 2 aromatic heterocycles. The van der Waals surface area contributed by atoms with Crippen LogP contribution in [0.2, 0.25) is 0 Å². The highest BCUT2D eigenvalue weighted by Crippen LogP contribution is 2.24. The van der Waals surface area contributed by atoms with Crippen LogP contribution in [0.1, 0.15) is 11.1 Å². The van der Waals surface area contributed by atoms with Gasteiger partial charge in [0, 0.05) is 11.1 Å². The van der Waals surface area contributed by atoms with Crippen LogP contribution in [0.25, 0.3) is 34.4 Å². The molecule has 0 aliphatic heterocycles. The van der Waals surface area contributed by atoms with Gasteiger partial charge in [-0.3, -0.25) is 15.2 Å². The summed E-state index contributed by atoms with van der Waals surface area (Å²) >= 11 is 0. The summed E-state index contributed by atoms with van der Waals surface area (Å²) in [5.74, 6) is -1.99. The summed E-state index contributed by atoms with van der Waals surface area (Å²) in [5, 5.41) is 7.65. The van der Waals surface area contributed by atoms with E-state index in [0.29, 0.717) is 11.6 Å². The normalized spacial score (nSPS) is 11.4. The molecular formula is C21H16F3N7O. The van der Waals surface area contributed by atoms with Crippen molar-refractivity contribution in [2.24, 2.45) is 0 Å². The SMILES string of the molecule is Cc1ccc(-c2nc(-c3ccc(C)cc3)nc(-c3nc(NC(=O)C(F)(F)F)n[nH]3)n2)cc1. The second-order valence-corrected chi connectivity index (χ2v) is 7.00. The third-order valence-electron chi connectivity index (χ3n) is 4.43. The smallest absolute Gasteiger partial charge is 0.285 e. The number of aromatic amines is 1. The van der Waals surface area contributed by atoms with E-state index in [1.807, 2.05) is 62.4 Å². The maximum atomic E-state index is 12.5. The summed E-state index contributed by atoms with van der Waals surface area (Å²) in [6.45, 7) is 3.90. The Labute approximate surface area is 180 Å².